The third-order valence-corrected chi connectivity index (χ3v) is 5.48. The molecule has 142 valence electrons. The molecular formula is C22H22N4O2. The Kier molecular flexibility index (Phi) is 3.76. The molecule has 0 saturated heterocycles. The van der Waals surface area contributed by atoms with Crippen molar-refractivity contribution in [2.24, 2.45) is 10.7 Å². The van der Waals surface area contributed by atoms with Gasteiger partial charge in [0.05, 0.1) is 11.6 Å². The molecule has 1 unspecified atom stereocenters. The van der Waals surface area contributed by atoms with Crippen LogP contribution >= 0.6 is 0 Å². The summed E-state index contributed by atoms with van der Waals surface area (Å²) in [4.78, 5) is 19.2. The zero-order chi connectivity index (χ0) is 20.3. The highest BCUT2D eigenvalue weighted by Gasteiger charge is 2.55. The van der Waals surface area contributed by atoms with Gasteiger partial charge < -0.3 is 10.5 Å². The highest BCUT2D eigenvalue weighted by molar-refractivity contribution is 6.07. The first-order valence-corrected chi connectivity index (χ1v) is 9.15. The van der Waals surface area contributed by atoms with Crippen LogP contribution in [-0.2, 0) is 10.3 Å². The van der Waals surface area contributed by atoms with Crippen molar-refractivity contribution in [2.45, 2.75) is 38.3 Å². The third-order valence-electron chi connectivity index (χ3n) is 5.48. The van der Waals surface area contributed by atoms with Gasteiger partial charge in [0.2, 0.25) is 0 Å². The van der Waals surface area contributed by atoms with E-state index >= 15 is 0 Å². The molecule has 2 aliphatic rings. The number of hydrogen-bond acceptors (Lipinski definition) is 5. The Morgan fingerprint density at radius 2 is 2.00 bits per heavy atom. The monoisotopic (exact) mass is 374 g/mol. The number of aryl methyl sites for hydroxylation is 1. The van der Waals surface area contributed by atoms with Crippen molar-refractivity contribution in [3.63, 3.8) is 0 Å². The van der Waals surface area contributed by atoms with Crippen molar-refractivity contribution in [2.75, 3.05) is 7.05 Å². The maximum atomic E-state index is 13.2. The fourth-order valence-electron chi connectivity index (χ4n) is 4.15. The van der Waals surface area contributed by atoms with Crippen molar-refractivity contribution in [1.29, 1.82) is 5.26 Å². The Morgan fingerprint density at radius 1 is 1.25 bits per heavy atom. The number of carbonyl (C=O) groups is 1. The lowest BCUT2D eigenvalue weighted by Crippen LogP contribution is -2.49. The van der Waals surface area contributed by atoms with Gasteiger partial charge in [0, 0.05) is 19.0 Å². The molecule has 4 rings (SSSR count). The summed E-state index contributed by atoms with van der Waals surface area (Å²) in [5, 5.41) is 9.26. The van der Waals surface area contributed by atoms with Gasteiger partial charge >= 0.3 is 0 Å². The number of benzene rings is 2. The molecule has 1 atom stereocenters. The number of aliphatic imine (C=N–C) groups is 1. The van der Waals surface area contributed by atoms with Crippen LogP contribution in [-0.4, -0.2) is 29.4 Å². The molecule has 0 fully saturated rings. The normalized spacial score (nSPS) is 22.5. The summed E-state index contributed by atoms with van der Waals surface area (Å²) in [7, 11) is 1.64. The summed E-state index contributed by atoms with van der Waals surface area (Å²) < 4.78 is 6.16. The summed E-state index contributed by atoms with van der Waals surface area (Å²) in [6.07, 6.45) is 0.400. The summed E-state index contributed by atoms with van der Waals surface area (Å²) in [6, 6.07) is 13.5. The summed E-state index contributed by atoms with van der Waals surface area (Å²) in [6.45, 7) is 5.89. The van der Waals surface area contributed by atoms with E-state index in [4.69, 9.17) is 10.5 Å². The van der Waals surface area contributed by atoms with E-state index in [2.05, 4.69) is 11.1 Å². The van der Waals surface area contributed by atoms with E-state index in [-0.39, 0.29) is 11.9 Å². The number of guanidine groups is 1. The number of nitrogens with two attached hydrogens (primary N) is 1. The highest BCUT2D eigenvalue weighted by atomic mass is 16.5. The van der Waals surface area contributed by atoms with Gasteiger partial charge in [0.1, 0.15) is 11.4 Å². The topological polar surface area (TPSA) is 91.7 Å². The number of carbonyl (C=O) groups excluding carboxylic acids is 1. The Morgan fingerprint density at radius 3 is 2.64 bits per heavy atom. The van der Waals surface area contributed by atoms with Gasteiger partial charge in [-0.3, -0.25) is 9.69 Å². The Bertz CT molecular complexity index is 1080. The van der Waals surface area contributed by atoms with Crippen LogP contribution in [0.2, 0.25) is 0 Å². The maximum absolute atomic E-state index is 13.2. The molecule has 1 spiro atoms. The second-order valence-electron chi connectivity index (χ2n) is 8.09. The predicted octanol–water partition coefficient (Wildman–Crippen LogP) is 3.08. The van der Waals surface area contributed by atoms with Crippen molar-refractivity contribution >= 4 is 11.9 Å². The SMILES string of the molecule is Cc1ccc(C#N)cc1-c1ccc2c(c1)C1(CC(C)(C)O2)N=C(N)N(C)C1=O. The second kappa shape index (κ2) is 5.83. The largest absolute Gasteiger partial charge is 0.487 e. The van der Waals surface area contributed by atoms with E-state index in [1.54, 1.807) is 13.1 Å². The lowest BCUT2D eigenvalue weighted by Gasteiger charge is -2.41. The molecule has 28 heavy (non-hydrogen) atoms. The number of amides is 1. The van der Waals surface area contributed by atoms with E-state index in [9.17, 15) is 10.1 Å². The number of rotatable bonds is 1. The van der Waals surface area contributed by atoms with Crippen LogP contribution < -0.4 is 10.5 Å². The van der Waals surface area contributed by atoms with Gasteiger partial charge in [-0.2, -0.15) is 5.26 Å². The fourth-order valence-corrected chi connectivity index (χ4v) is 4.15. The molecule has 6 nitrogen and oxygen atoms in total. The van der Waals surface area contributed by atoms with Crippen molar-refractivity contribution in [3.8, 4) is 22.9 Å². The summed E-state index contributed by atoms with van der Waals surface area (Å²) in [5.41, 5.74) is 8.55. The zero-order valence-electron chi connectivity index (χ0n) is 16.4. The average molecular weight is 374 g/mol. The maximum Gasteiger partial charge on any atom is 0.261 e. The van der Waals surface area contributed by atoms with Crippen molar-refractivity contribution in [3.05, 3.63) is 53.1 Å². The van der Waals surface area contributed by atoms with Gasteiger partial charge in [0.15, 0.2) is 11.5 Å². The van der Waals surface area contributed by atoms with Crippen LogP contribution in [0.5, 0.6) is 5.75 Å². The Hall–Kier alpha value is -3.33. The Labute approximate surface area is 164 Å². The fraction of sp³-hybridized carbons (Fsp3) is 0.318. The van der Waals surface area contributed by atoms with E-state index in [0.717, 1.165) is 16.7 Å². The van der Waals surface area contributed by atoms with Crippen LogP contribution in [0.25, 0.3) is 11.1 Å². The van der Waals surface area contributed by atoms with E-state index in [0.29, 0.717) is 23.3 Å². The molecule has 2 aromatic rings. The van der Waals surface area contributed by atoms with E-state index < -0.39 is 11.1 Å². The second-order valence-corrected chi connectivity index (χ2v) is 8.09. The lowest BCUT2D eigenvalue weighted by atomic mass is 9.76. The molecule has 0 aromatic heterocycles. The Balaban J connectivity index is 1.95. The molecule has 6 heteroatoms. The molecule has 2 aromatic carbocycles. The highest BCUT2D eigenvalue weighted by Crippen LogP contribution is 2.49. The van der Waals surface area contributed by atoms with Crippen LogP contribution in [0.1, 0.15) is 37.0 Å². The third kappa shape index (κ3) is 2.55. The molecule has 0 aliphatic carbocycles. The van der Waals surface area contributed by atoms with Crippen LogP contribution in [0.3, 0.4) is 0 Å². The van der Waals surface area contributed by atoms with Crippen molar-refractivity contribution in [1.82, 2.24) is 4.90 Å². The number of ether oxygens (including phenoxy) is 1. The number of nitrogens with zero attached hydrogens (tertiary/aromatic N) is 3. The molecule has 0 bridgehead atoms. The standard InChI is InChI=1S/C22H22N4O2/c1-13-5-6-14(11-23)9-16(13)15-7-8-18-17(10-15)22(12-21(2,3)28-18)19(27)26(4)20(24)25-22/h5-10H,12H2,1-4H3,(H2,24,25). The zero-order valence-corrected chi connectivity index (χ0v) is 16.4. The minimum atomic E-state index is -1.09. The first-order chi connectivity index (χ1) is 13.2. The van der Waals surface area contributed by atoms with Crippen LogP contribution in [0.15, 0.2) is 41.4 Å². The number of fused-ring (bicyclic) bond motifs is 2. The number of likely N-dealkylation sites (N-methyl/N-ethyl adjacent to an activating group) is 1. The first-order valence-electron chi connectivity index (χ1n) is 9.15. The van der Waals surface area contributed by atoms with E-state index in [1.807, 2.05) is 51.1 Å². The van der Waals surface area contributed by atoms with Gasteiger partial charge in [-0.25, -0.2) is 4.99 Å². The van der Waals surface area contributed by atoms with Gasteiger partial charge in [-0.1, -0.05) is 12.1 Å². The quantitative estimate of drug-likeness (QED) is 0.830. The molecule has 1 amide bonds. The van der Waals surface area contributed by atoms with E-state index in [1.165, 1.54) is 4.90 Å². The van der Waals surface area contributed by atoms with Gasteiger partial charge in [0.25, 0.3) is 5.91 Å². The molecular weight excluding hydrogens is 352 g/mol. The molecule has 0 saturated carbocycles. The number of hydrogen-bond donors (Lipinski definition) is 1. The number of nitriles is 1. The average Bonchev–Trinajstić information content (AvgIpc) is 2.85. The van der Waals surface area contributed by atoms with Crippen LogP contribution in [0, 0.1) is 18.3 Å². The smallest absolute Gasteiger partial charge is 0.261 e. The predicted molar refractivity (Wildman–Crippen MR) is 107 cm³/mol. The molecule has 2 aliphatic heterocycles. The molecule has 2 heterocycles. The van der Waals surface area contributed by atoms with Gasteiger partial charge in [-0.15, -0.1) is 0 Å². The molecule has 0 radical (unpaired) electrons. The lowest BCUT2D eigenvalue weighted by molar-refractivity contribution is -0.133. The summed E-state index contributed by atoms with van der Waals surface area (Å²) >= 11 is 0. The summed E-state index contributed by atoms with van der Waals surface area (Å²) in [5.74, 6) is 0.693. The first kappa shape index (κ1) is 18.1. The van der Waals surface area contributed by atoms with Crippen LogP contribution in [0.4, 0.5) is 0 Å². The minimum absolute atomic E-state index is 0.151. The molecule has 2 N–H and O–H groups in total. The minimum Gasteiger partial charge on any atom is -0.487 e. The van der Waals surface area contributed by atoms with Crippen molar-refractivity contribution < 1.29 is 9.53 Å². The van der Waals surface area contributed by atoms with Gasteiger partial charge in [-0.05, 0) is 61.7 Å².